The number of hydrogen-bond acceptors (Lipinski definition) is 3. The zero-order chi connectivity index (χ0) is 13.1. The van der Waals surface area contributed by atoms with Crippen LogP contribution < -0.4 is 5.32 Å². The van der Waals surface area contributed by atoms with E-state index in [0.29, 0.717) is 0 Å². The molecule has 1 saturated carbocycles. The first-order valence-corrected chi connectivity index (χ1v) is 7.74. The van der Waals surface area contributed by atoms with Crippen LogP contribution in [0.25, 0.3) is 0 Å². The molecule has 1 aromatic heterocycles. The standard InChI is InChI=1S/C15H25N3O/c1-2-3-15-17-13-10-16-7-6-14(13)18(15)8-9-19-11-12-4-5-12/h12,16H,2-11H2,1H3. The van der Waals surface area contributed by atoms with Gasteiger partial charge in [-0.05, 0) is 25.2 Å². The highest BCUT2D eigenvalue weighted by molar-refractivity contribution is 5.20. The SMILES string of the molecule is CCCc1nc2c(n1CCOCC1CC1)CCNC2. The van der Waals surface area contributed by atoms with Crippen molar-refractivity contribution in [3.8, 4) is 0 Å². The predicted octanol–water partition coefficient (Wildman–Crippen LogP) is 1.91. The minimum absolute atomic E-state index is 0.837. The van der Waals surface area contributed by atoms with Crippen molar-refractivity contribution in [2.45, 2.75) is 52.1 Å². The van der Waals surface area contributed by atoms with E-state index in [1.807, 2.05) is 0 Å². The maximum atomic E-state index is 5.79. The summed E-state index contributed by atoms with van der Waals surface area (Å²) in [6.07, 6.45) is 6.08. The Hall–Kier alpha value is -0.870. The number of imidazole rings is 1. The van der Waals surface area contributed by atoms with Crippen molar-refractivity contribution in [3.63, 3.8) is 0 Å². The van der Waals surface area contributed by atoms with Gasteiger partial charge in [0.15, 0.2) is 0 Å². The van der Waals surface area contributed by atoms with Crippen molar-refractivity contribution in [2.24, 2.45) is 5.92 Å². The van der Waals surface area contributed by atoms with Crippen LogP contribution in [0, 0.1) is 5.92 Å². The highest BCUT2D eigenvalue weighted by Gasteiger charge is 2.22. The molecule has 0 atom stereocenters. The fourth-order valence-corrected chi connectivity index (χ4v) is 2.80. The number of fused-ring (bicyclic) bond motifs is 1. The molecule has 0 bridgehead atoms. The summed E-state index contributed by atoms with van der Waals surface area (Å²) in [4.78, 5) is 4.81. The average molecular weight is 263 g/mol. The number of rotatable bonds is 7. The lowest BCUT2D eigenvalue weighted by molar-refractivity contribution is 0.116. The Bertz CT molecular complexity index is 423. The van der Waals surface area contributed by atoms with Crippen LogP contribution in [-0.4, -0.2) is 29.3 Å². The van der Waals surface area contributed by atoms with Gasteiger partial charge in [-0.3, -0.25) is 0 Å². The van der Waals surface area contributed by atoms with Gasteiger partial charge >= 0.3 is 0 Å². The molecule has 2 aliphatic rings. The molecule has 1 fully saturated rings. The van der Waals surface area contributed by atoms with Crippen LogP contribution >= 0.6 is 0 Å². The number of hydrogen-bond donors (Lipinski definition) is 1. The topological polar surface area (TPSA) is 39.1 Å². The van der Waals surface area contributed by atoms with Gasteiger partial charge in [-0.25, -0.2) is 4.98 Å². The molecule has 106 valence electrons. The Morgan fingerprint density at radius 2 is 2.32 bits per heavy atom. The molecule has 0 unspecified atom stereocenters. The zero-order valence-electron chi connectivity index (χ0n) is 12.0. The molecule has 3 rings (SSSR count). The second-order valence-corrected chi connectivity index (χ2v) is 5.77. The first-order chi connectivity index (χ1) is 9.38. The zero-order valence-corrected chi connectivity index (χ0v) is 12.0. The Balaban J connectivity index is 1.63. The lowest BCUT2D eigenvalue weighted by Crippen LogP contribution is -2.25. The molecule has 4 heteroatoms. The van der Waals surface area contributed by atoms with Gasteiger partial charge in [-0.15, -0.1) is 0 Å². The first-order valence-electron chi connectivity index (χ1n) is 7.74. The number of nitrogens with one attached hydrogen (secondary N) is 1. The Labute approximate surface area is 115 Å². The van der Waals surface area contributed by atoms with Crippen molar-refractivity contribution in [1.29, 1.82) is 0 Å². The minimum Gasteiger partial charge on any atom is -0.379 e. The van der Waals surface area contributed by atoms with Crippen molar-refractivity contribution in [3.05, 3.63) is 17.2 Å². The van der Waals surface area contributed by atoms with E-state index in [9.17, 15) is 0 Å². The van der Waals surface area contributed by atoms with Gasteiger partial charge < -0.3 is 14.6 Å². The van der Waals surface area contributed by atoms with Crippen LogP contribution in [0.5, 0.6) is 0 Å². The molecular formula is C15H25N3O. The van der Waals surface area contributed by atoms with Gasteiger partial charge in [-0.2, -0.15) is 0 Å². The Morgan fingerprint density at radius 1 is 1.42 bits per heavy atom. The van der Waals surface area contributed by atoms with Crippen molar-refractivity contribution >= 4 is 0 Å². The smallest absolute Gasteiger partial charge is 0.109 e. The van der Waals surface area contributed by atoms with E-state index in [-0.39, 0.29) is 0 Å². The maximum absolute atomic E-state index is 5.79. The number of ether oxygens (including phenoxy) is 1. The van der Waals surface area contributed by atoms with Crippen molar-refractivity contribution in [2.75, 3.05) is 19.8 Å². The molecule has 1 aliphatic heterocycles. The number of aryl methyl sites for hydroxylation is 1. The van der Waals surface area contributed by atoms with Crippen molar-refractivity contribution in [1.82, 2.24) is 14.9 Å². The van der Waals surface area contributed by atoms with Crippen LogP contribution in [0.3, 0.4) is 0 Å². The third-order valence-corrected chi connectivity index (χ3v) is 4.05. The van der Waals surface area contributed by atoms with E-state index in [1.54, 1.807) is 0 Å². The normalized spacial score (nSPS) is 18.6. The van der Waals surface area contributed by atoms with E-state index in [1.165, 1.54) is 30.1 Å². The highest BCUT2D eigenvalue weighted by atomic mass is 16.5. The molecule has 0 amide bonds. The molecule has 19 heavy (non-hydrogen) atoms. The lowest BCUT2D eigenvalue weighted by atomic mass is 10.2. The maximum Gasteiger partial charge on any atom is 0.109 e. The van der Waals surface area contributed by atoms with E-state index in [2.05, 4.69) is 16.8 Å². The van der Waals surface area contributed by atoms with Crippen molar-refractivity contribution < 1.29 is 4.74 Å². The summed E-state index contributed by atoms with van der Waals surface area (Å²) in [5.74, 6) is 2.11. The third kappa shape index (κ3) is 3.18. The summed E-state index contributed by atoms with van der Waals surface area (Å²) in [5.41, 5.74) is 2.70. The predicted molar refractivity (Wildman–Crippen MR) is 75.2 cm³/mol. The number of nitrogens with zero attached hydrogens (tertiary/aromatic N) is 2. The summed E-state index contributed by atoms with van der Waals surface area (Å²) in [7, 11) is 0. The van der Waals surface area contributed by atoms with Crippen LogP contribution in [0.2, 0.25) is 0 Å². The molecule has 0 spiro atoms. The third-order valence-electron chi connectivity index (χ3n) is 4.05. The van der Waals surface area contributed by atoms with Gasteiger partial charge in [0.1, 0.15) is 5.82 Å². The summed E-state index contributed by atoms with van der Waals surface area (Å²) in [6, 6.07) is 0. The molecule has 1 aromatic rings. The average Bonchev–Trinajstić information content (AvgIpc) is 3.18. The summed E-state index contributed by atoms with van der Waals surface area (Å²) in [6.45, 7) is 7.00. The largest absolute Gasteiger partial charge is 0.379 e. The summed E-state index contributed by atoms with van der Waals surface area (Å²) < 4.78 is 8.21. The molecule has 1 N–H and O–H groups in total. The van der Waals surface area contributed by atoms with Gasteiger partial charge in [0.05, 0.1) is 12.3 Å². The van der Waals surface area contributed by atoms with Gasteiger partial charge in [0.25, 0.3) is 0 Å². The first kappa shape index (κ1) is 13.1. The van der Waals surface area contributed by atoms with Gasteiger partial charge in [0, 0.05) is 44.8 Å². The quantitative estimate of drug-likeness (QED) is 0.764. The van der Waals surface area contributed by atoms with E-state index < -0.39 is 0 Å². The van der Waals surface area contributed by atoms with Gasteiger partial charge in [-0.1, -0.05) is 6.92 Å². The Morgan fingerprint density at radius 3 is 3.11 bits per heavy atom. The highest BCUT2D eigenvalue weighted by Crippen LogP contribution is 2.28. The Kier molecular flexibility index (Phi) is 4.18. The van der Waals surface area contributed by atoms with E-state index in [0.717, 1.165) is 58.0 Å². The molecule has 0 saturated heterocycles. The second kappa shape index (κ2) is 6.06. The van der Waals surface area contributed by atoms with Crippen LogP contribution in [-0.2, 0) is 30.7 Å². The summed E-state index contributed by atoms with van der Waals surface area (Å²) in [5, 5.41) is 3.41. The minimum atomic E-state index is 0.837. The number of aromatic nitrogens is 2. The fourth-order valence-electron chi connectivity index (χ4n) is 2.80. The molecule has 1 aliphatic carbocycles. The molecule has 0 radical (unpaired) electrons. The molecular weight excluding hydrogens is 238 g/mol. The molecule has 2 heterocycles. The lowest BCUT2D eigenvalue weighted by Gasteiger charge is -2.16. The van der Waals surface area contributed by atoms with E-state index >= 15 is 0 Å². The van der Waals surface area contributed by atoms with E-state index in [4.69, 9.17) is 9.72 Å². The van der Waals surface area contributed by atoms with Crippen LogP contribution in [0.15, 0.2) is 0 Å². The van der Waals surface area contributed by atoms with Gasteiger partial charge in [0.2, 0.25) is 0 Å². The molecule has 0 aromatic carbocycles. The second-order valence-electron chi connectivity index (χ2n) is 5.77. The fraction of sp³-hybridized carbons (Fsp3) is 0.800. The van der Waals surface area contributed by atoms with Crippen LogP contribution in [0.1, 0.15) is 43.4 Å². The molecule has 4 nitrogen and oxygen atoms in total. The van der Waals surface area contributed by atoms with Crippen LogP contribution in [0.4, 0.5) is 0 Å². The summed E-state index contributed by atoms with van der Waals surface area (Å²) >= 11 is 0. The monoisotopic (exact) mass is 263 g/mol.